The molecule has 0 nitrogen and oxygen atoms in total. The molecule has 0 saturated carbocycles. The molecule has 0 fully saturated rings. The minimum Gasteiger partial charge on any atom is -0.0843 e. The second-order valence-electron chi connectivity index (χ2n) is 4.47. The summed E-state index contributed by atoms with van der Waals surface area (Å²) < 4.78 is 0. The molecule has 2 aromatic carbocycles. The Bertz CT molecular complexity index is 586. The Morgan fingerprint density at radius 3 is 2.50 bits per heavy atom. The van der Waals surface area contributed by atoms with E-state index in [0.717, 1.165) is 5.02 Å². The summed E-state index contributed by atoms with van der Waals surface area (Å²) in [4.78, 5) is 0. The van der Waals surface area contributed by atoms with E-state index in [9.17, 15) is 0 Å². The van der Waals surface area contributed by atoms with Crippen LogP contribution in [0.4, 0.5) is 0 Å². The van der Waals surface area contributed by atoms with Gasteiger partial charge in [0.25, 0.3) is 0 Å². The summed E-state index contributed by atoms with van der Waals surface area (Å²) in [6, 6.07) is 16.9. The van der Waals surface area contributed by atoms with E-state index in [1.807, 2.05) is 12.1 Å². The van der Waals surface area contributed by atoms with Crippen LogP contribution in [0.2, 0.25) is 5.02 Å². The predicted molar refractivity (Wildman–Crippen MR) is 82.1 cm³/mol. The third-order valence-corrected chi connectivity index (χ3v) is 5.37. The monoisotopic (exact) mass is 273 g/mol. The second-order valence-corrected chi connectivity index (χ2v) is 6.87. The summed E-state index contributed by atoms with van der Waals surface area (Å²) in [5.41, 5.74) is 4.11. The van der Waals surface area contributed by atoms with Crippen LogP contribution in [0.1, 0.15) is 21.9 Å². The van der Waals surface area contributed by atoms with Crippen molar-refractivity contribution in [1.29, 1.82) is 0 Å². The molecule has 0 aliphatic carbocycles. The van der Waals surface area contributed by atoms with E-state index >= 15 is 0 Å². The van der Waals surface area contributed by atoms with Crippen LogP contribution in [0.5, 0.6) is 0 Å². The molecule has 2 heteroatoms. The van der Waals surface area contributed by atoms with Gasteiger partial charge in [0.15, 0.2) is 5.25 Å². The molecule has 0 radical (unpaired) electrons. The zero-order chi connectivity index (χ0) is 12.5. The molecule has 0 N–H and O–H groups in total. The molecule has 0 spiro atoms. The van der Waals surface area contributed by atoms with Crippen LogP contribution in [0.25, 0.3) is 6.08 Å². The molecule has 2 aromatic rings. The highest BCUT2D eigenvalue weighted by Gasteiger charge is 2.32. The lowest BCUT2D eigenvalue weighted by atomic mass is 9.99. The van der Waals surface area contributed by atoms with Crippen molar-refractivity contribution in [3.8, 4) is 0 Å². The fraction of sp³-hybridized carbons (Fsp3) is 0.125. The maximum atomic E-state index is 5.98. The number of fused-ring (bicyclic) bond motifs is 1. The second kappa shape index (κ2) is 4.83. The van der Waals surface area contributed by atoms with E-state index in [4.69, 9.17) is 11.6 Å². The first-order valence-corrected chi connectivity index (χ1v) is 8.05. The molecule has 90 valence electrons. The van der Waals surface area contributed by atoms with Crippen molar-refractivity contribution >= 4 is 28.6 Å². The summed E-state index contributed by atoms with van der Waals surface area (Å²) in [7, 11) is 0.229. The zero-order valence-corrected chi connectivity index (χ0v) is 11.7. The highest BCUT2D eigenvalue weighted by molar-refractivity contribution is 7.99. The van der Waals surface area contributed by atoms with Crippen molar-refractivity contribution in [3.63, 3.8) is 0 Å². The Morgan fingerprint density at radius 1 is 1.00 bits per heavy atom. The third-order valence-electron chi connectivity index (χ3n) is 3.29. The van der Waals surface area contributed by atoms with Gasteiger partial charge in [0.2, 0.25) is 0 Å². The van der Waals surface area contributed by atoms with E-state index in [2.05, 4.69) is 54.1 Å². The van der Waals surface area contributed by atoms with Crippen LogP contribution in [0.15, 0.2) is 53.9 Å². The number of rotatable bonds is 1. The molecule has 1 aliphatic heterocycles. The van der Waals surface area contributed by atoms with Gasteiger partial charge in [0.05, 0.1) is 0 Å². The molecule has 2 atom stereocenters. The van der Waals surface area contributed by atoms with Crippen molar-refractivity contribution in [2.75, 3.05) is 6.26 Å². The van der Waals surface area contributed by atoms with Gasteiger partial charge in [-0.3, -0.25) is 0 Å². The first-order chi connectivity index (χ1) is 8.75. The summed E-state index contributed by atoms with van der Waals surface area (Å²) in [6.07, 6.45) is 4.54. The van der Waals surface area contributed by atoms with Crippen molar-refractivity contribution in [3.05, 3.63) is 75.7 Å². The zero-order valence-electron chi connectivity index (χ0n) is 10.1. The smallest absolute Gasteiger partial charge is 0.0843 e. The molecule has 0 aromatic heterocycles. The summed E-state index contributed by atoms with van der Waals surface area (Å²) in [6.45, 7) is 0. The minimum absolute atomic E-state index is 0.229. The molecule has 0 amide bonds. The Morgan fingerprint density at radius 2 is 1.72 bits per heavy atom. The molecule has 0 bridgehead atoms. The van der Waals surface area contributed by atoms with E-state index in [0.29, 0.717) is 5.25 Å². The standard InChI is InChI=1S/C16H14ClS/c1-18-11-10-12-4-2-3-5-15(12)16(18)13-6-8-14(17)9-7-13/h2-11,16H,1H3/q+1/t16-,18?/m0/s1. The summed E-state index contributed by atoms with van der Waals surface area (Å²) in [5.74, 6) is 0. The van der Waals surface area contributed by atoms with Gasteiger partial charge < -0.3 is 0 Å². The van der Waals surface area contributed by atoms with Crippen molar-refractivity contribution in [2.24, 2.45) is 0 Å². The van der Waals surface area contributed by atoms with Gasteiger partial charge in [0, 0.05) is 27.0 Å². The Kier molecular flexibility index (Phi) is 3.19. The largest absolute Gasteiger partial charge is 0.173 e. The SMILES string of the molecule is C[S+]1C=Cc2ccccc2[C@@H]1c1ccc(Cl)cc1. The van der Waals surface area contributed by atoms with Gasteiger partial charge in [0.1, 0.15) is 11.7 Å². The molecule has 3 rings (SSSR count). The van der Waals surface area contributed by atoms with Gasteiger partial charge in [-0.2, -0.15) is 0 Å². The fourth-order valence-electron chi connectivity index (χ4n) is 2.39. The molecular formula is C16H14ClS+. The van der Waals surface area contributed by atoms with Crippen LogP contribution in [-0.4, -0.2) is 6.26 Å². The van der Waals surface area contributed by atoms with Crippen LogP contribution in [0.3, 0.4) is 0 Å². The van der Waals surface area contributed by atoms with Crippen LogP contribution < -0.4 is 0 Å². The molecule has 1 aliphatic rings. The molecule has 1 unspecified atom stereocenters. The van der Waals surface area contributed by atoms with Crippen molar-refractivity contribution in [2.45, 2.75) is 5.25 Å². The number of hydrogen-bond acceptors (Lipinski definition) is 0. The lowest BCUT2D eigenvalue weighted by Crippen LogP contribution is -2.15. The van der Waals surface area contributed by atoms with Crippen LogP contribution in [-0.2, 0) is 10.9 Å². The topological polar surface area (TPSA) is 0 Å². The molecular weight excluding hydrogens is 260 g/mol. The highest BCUT2D eigenvalue weighted by atomic mass is 35.5. The lowest BCUT2D eigenvalue weighted by Gasteiger charge is -2.20. The third kappa shape index (κ3) is 2.09. The van der Waals surface area contributed by atoms with Gasteiger partial charge in [-0.25, -0.2) is 0 Å². The maximum absolute atomic E-state index is 5.98. The molecule has 0 saturated heterocycles. The Hall–Kier alpha value is -1.18. The van der Waals surface area contributed by atoms with Gasteiger partial charge >= 0.3 is 0 Å². The Balaban J connectivity index is 2.10. The van der Waals surface area contributed by atoms with E-state index in [-0.39, 0.29) is 10.9 Å². The van der Waals surface area contributed by atoms with Crippen molar-refractivity contribution < 1.29 is 0 Å². The van der Waals surface area contributed by atoms with Crippen LogP contribution in [0, 0.1) is 0 Å². The van der Waals surface area contributed by atoms with Gasteiger partial charge in [-0.1, -0.05) is 48.0 Å². The van der Waals surface area contributed by atoms with Crippen LogP contribution >= 0.6 is 11.6 Å². The highest BCUT2D eigenvalue weighted by Crippen LogP contribution is 2.38. The normalized spacial score (nSPS) is 21.7. The number of halogens is 1. The molecule has 18 heavy (non-hydrogen) atoms. The first kappa shape index (κ1) is 11.9. The van der Waals surface area contributed by atoms with Gasteiger partial charge in [-0.15, -0.1) is 0 Å². The van der Waals surface area contributed by atoms with Gasteiger partial charge in [-0.05, 0) is 23.8 Å². The molecule has 1 heterocycles. The van der Waals surface area contributed by atoms with E-state index in [1.165, 1.54) is 16.7 Å². The number of benzene rings is 2. The first-order valence-electron chi connectivity index (χ1n) is 5.92. The average Bonchev–Trinajstić information content (AvgIpc) is 2.40. The Labute approximate surface area is 116 Å². The van der Waals surface area contributed by atoms with Crippen molar-refractivity contribution in [1.82, 2.24) is 0 Å². The number of hydrogen-bond donors (Lipinski definition) is 0. The maximum Gasteiger partial charge on any atom is 0.173 e. The fourth-order valence-corrected chi connectivity index (χ4v) is 4.24. The minimum atomic E-state index is 0.229. The summed E-state index contributed by atoms with van der Waals surface area (Å²) >= 11 is 5.98. The quantitative estimate of drug-likeness (QED) is 0.663. The average molecular weight is 274 g/mol. The predicted octanol–water partition coefficient (Wildman–Crippen LogP) is 4.66. The van der Waals surface area contributed by atoms with E-state index < -0.39 is 0 Å². The lowest BCUT2D eigenvalue weighted by molar-refractivity contribution is 1.14. The van der Waals surface area contributed by atoms with E-state index in [1.54, 1.807) is 0 Å². The summed E-state index contributed by atoms with van der Waals surface area (Å²) in [5, 5.41) is 3.58.